The van der Waals surface area contributed by atoms with Gasteiger partial charge in [-0.3, -0.25) is 19.6 Å². The van der Waals surface area contributed by atoms with Gasteiger partial charge >= 0.3 is 71.9 Å². The van der Waals surface area contributed by atoms with E-state index in [0.717, 1.165) is 117 Å². The molecule has 10 heterocycles. The van der Waals surface area contributed by atoms with Crippen molar-refractivity contribution in [1.82, 2.24) is 78.1 Å². The van der Waals surface area contributed by atoms with E-state index < -0.39 is 84.1 Å². The Balaban J connectivity index is 0.000000387. The van der Waals surface area contributed by atoms with Gasteiger partial charge in [0.05, 0.1) is 61.8 Å². The van der Waals surface area contributed by atoms with Crippen LogP contribution in [0.25, 0.3) is 0 Å². The van der Waals surface area contributed by atoms with E-state index in [-0.39, 0.29) is 38.3 Å². The summed E-state index contributed by atoms with van der Waals surface area (Å²) in [6.07, 6.45) is -14.2. The van der Waals surface area contributed by atoms with Crippen LogP contribution in [0.1, 0.15) is 90.6 Å². The number of hydrogen-bond acceptors (Lipinski definition) is 12. The van der Waals surface area contributed by atoms with Gasteiger partial charge in [0.1, 0.15) is 0 Å². The predicted molar refractivity (Wildman–Crippen MR) is 315 cm³/mol. The molecule has 20 nitrogen and oxygen atoms in total. The van der Waals surface area contributed by atoms with Gasteiger partial charge in [0, 0.05) is 36.9 Å². The van der Waals surface area contributed by atoms with E-state index in [0.29, 0.717) is 24.3 Å². The Morgan fingerprint density at radius 1 is 0.376 bits per heavy atom. The van der Waals surface area contributed by atoms with Crippen molar-refractivity contribution in [2.24, 2.45) is 0 Å². The first-order chi connectivity index (χ1) is 42.1. The van der Waals surface area contributed by atoms with Crippen molar-refractivity contribution in [1.29, 1.82) is 0 Å². The van der Waals surface area contributed by atoms with Gasteiger partial charge in [0.25, 0.3) is 0 Å². The minimum absolute atomic E-state index is 0. The summed E-state index contributed by atoms with van der Waals surface area (Å²) < 4.78 is 154. The molecule has 0 aliphatic rings. The fraction of sp³-hybridized carbons (Fsp3) is 0.309. The molecular formula is C55H60B2Cl2F12N16Ni2O4. The molecule has 508 valence electrons. The second kappa shape index (κ2) is 34.7. The molecule has 0 radical (unpaired) electrons. The number of rotatable bonds is 6. The Kier molecular flexibility index (Phi) is 30.2. The molecule has 0 saturated carbocycles. The zero-order valence-electron chi connectivity index (χ0n) is 51.3. The second-order valence-corrected chi connectivity index (χ2v) is 21.0. The fourth-order valence-corrected chi connectivity index (χ4v) is 8.94. The van der Waals surface area contributed by atoms with Crippen molar-refractivity contribution in [2.75, 3.05) is 5.34 Å². The summed E-state index contributed by atoms with van der Waals surface area (Å²) in [4.78, 5) is 31.1. The summed E-state index contributed by atoms with van der Waals surface area (Å²) in [7, 11) is -2.52. The first kappa shape index (κ1) is 81.0. The number of aromatic amines is 2. The molecule has 10 aromatic heterocycles. The Morgan fingerprint density at radius 3 is 0.699 bits per heavy atom. The first-order valence-corrected chi connectivity index (χ1v) is 27.8. The number of hydrogen-bond donors (Lipinski definition) is 2. The quantitative estimate of drug-likeness (QED) is 0.0897. The molecule has 0 spiro atoms. The van der Waals surface area contributed by atoms with Crippen LogP contribution in [0.4, 0.5) is 52.7 Å². The minimum Gasteiger partial charge on any atom is -0.859 e. The minimum atomic E-state index is -4.46. The number of pyridine rings is 4. The van der Waals surface area contributed by atoms with E-state index in [1.807, 2.05) is 41.5 Å². The summed E-state index contributed by atoms with van der Waals surface area (Å²) in [5, 5.41) is 49.0. The zero-order chi connectivity index (χ0) is 68.7. The summed E-state index contributed by atoms with van der Waals surface area (Å²) in [5.74, 6) is -1.75. The van der Waals surface area contributed by atoms with E-state index in [1.54, 1.807) is 0 Å². The number of aryl methyl sites for hydroxylation is 12. The maximum absolute atomic E-state index is 11.8. The van der Waals surface area contributed by atoms with Crippen molar-refractivity contribution < 1.29 is 95.9 Å². The Hall–Kier alpha value is -8.08. The molecular weight excluding hydrogens is 1390 g/mol. The largest absolute Gasteiger partial charge is 2.00 e. The summed E-state index contributed by atoms with van der Waals surface area (Å²) in [6, 6.07) is 17.6. The van der Waals surface area contributed by atoms with E-state index >= 15 is 0 Å². The van der Waals surface area contributed by atoms with E-state index in [4.69, 9.17) is 53.8 Å². The van der Waals surface area contributed by atoms with Crippen LogP contribution < -0.4 is 21.3 Å². The third-order valence-corrected chi connectivity index (χ3v) is 12.6. The van der Waals surface area contributed by atoms with Gasteiger partial charge in [0.2, 0.25) is 11.1 Å². The zero-order valence-corrected chi connectivity index (χ0v) is 54.8. The number of H-pyrrole nitrogens is 2. The van der Waals surface area contributed by atoms with Crippen molar-refractivity contribution in [2.45, 2.75) is 108 Å². The number of nitrogens with zero attached hydrogens (tertiary/aromatic N) is 14. The van der Waals surface area contributed by atoms with Crippen molar-refractivity contribution in [3.63, 3.8) is 0 Å². The SMILES string of the molecule is Cc1cc(C)n([BH-](n2nc(C)cc2C)n2nc(C)cc2C)n1.Cc1cc(C)n([BH-](n2nc(C)cc2C)n2nc(C)cc2C)n1.ClCCl.O=c1cc(C(F)(F)F)cc[nH]1.O=c1cc(C(F)(F)F)cc[nH]1.[Ni+2].[Ni+2].[O-]c1cc(C(F)(F)F)ccn1.[O-]c1cc(C(F)(F)F)ccn1. The van der Waals surface area contributed by atoms with Crippen LogP contribution in [0.3, 0.4) is 0 Å². The Morgan fingerprint density at radius 2 is 0.570 bits per heavy atom. The van der Waals surface area contributed by atoms with Gasteiger partial charge in [-0.2, -0.15) is 52.7 Å². The molecule has 0 amide bonds. The average Bonchev–Trinajstić information content (AvgIpc) is 1.64. The smallest absolute Gasteiger partial charge is 0.859 e. The summed E-state index contributed by atoms with van der Waals surface area (Å²) >= 11 is 9.53. The standard InChI is InChI=1S/2C15H22BN6.4C6H4F3NO.CH2Cl2.2Ni/c2*1-10-7-13(4)20(17-10)16(21-14(5)8-11(2)18-21)22-15(6)9-12(3)19-22;4*7-6(8,9)4-1-2-10-5(11)3-4;2-1-3;;/h2*7-9,16H,1-6H3;4*1-3H,(H,10,11);1H2;;/q2*-1;;;;;;2*+2/p-2. The van der Waals surface area contributed by atoms with Gasteiger partial charge in [-0.1, -0.05) is 0 Å². The van der Waals surface area contributed by atoms with Crippen molar-refractivity contribution in [3.8, 4) is 11.8 Å². The van der Waals surface area contributed by atoms with Crippen molar-refractivity contribution in [3.05, 3.63) is 221 Å². The fourth-order valence-electron chi connectivity index (χ4n) is 8.94. The van der Waals surface area contributed by atoms with Crippen LogP contribution in [0.2, 0.25) is 0 Å². The van der Waals surface area contributed by atoms with Crippen LogP contribution in [-0.4, -0.2) is 97.7 Å². The maximum atomic E-state index is 11.8. The molecule has 93 heavy (non-hydrogen) atoms. The third kappa shape index (κ3) is 24.4. The van der Waals surface area contributed by atoms with Crippen LogP contribution in [0.5, 0.6) is 11.8 Å². The molecule has 0 fully saturated rings. The first-order valence-electron chi connectivity index (χ1n) is 26.7. The van der Waals surface area contributed by atoms with Crippen LogP contribution in [0, 0.1) is 83.1 Å². The van der Waals surface area contributed by atoms with E-state index in [1.165, 1.54) is 0 Å². The van der Waals surface area contributed by atoms with Gasteiger partial charge < -0.3 is 47.7 Å². The summed E-state index contributed by atoms with van der Waals surface area (Å²) in [6.45, 7) is 24.6. The van der Waals surface area contributed by atoms with Gasteiger partial charge in [-0.25, -0.2) is 30.6 Å². The molecule has 0 saturated heterocycles. The van der Waals surface area contributed by atoms with E-state index in [9.17, 15) is 72.5 Å². The van der Waals surface area contributed by atoms with E-state index in [2.05, 4.69) is 125 Å². The second-order valence-electron chi connectivity index (χ2n) is 20.1. The number of aromatic nitrogens is 16. The molecule has 0 unspecified atom stereocenters. The Labute approximate surface area is 554 Å². The molecule has 10 aromatic rings. The number of alkyl halides is 14. The molecule has 0 aromatic carbocycles. The molecule has 0 aliphatic heterocycles. The summed E-state index contributed by atoms with van der Waals surface area (Å²) in [5.41, 5.74) is 7.53. The monoisotopic (exact) mass is 1440 g/mol. The van der Waals surface area contributed by atoms with Crippen LogP contribution >= 0.6 is 23.2 Å². The van der Waals surface area contributed by atoms with Gasteiger partial charge in [0.15, 0.2) is 0 Å². The maximum Gasteiger partial charge on any atom is 2.00 e. The third-order valence-electron chi connectivity index (χ3n) is 12.6. The molecule has 0 bridgehead atoms. The molecule has 38 heteroatoms. The number of halogens is 14. The topological polar surface area (TPSA) is 245 Å². The average molecular weight is 1450 g/mol. The molecule has 0 atom stereocenters. The normalized spacial score (nSPS) is 11.1. The molecule has 0 aliphatic carbocycles. The van der Waals surface area contributed by atoms with Crippen molar-refractivity contribution >= 4 is 37.4 Å². The van der Waals surface area contributed by atoms with Crippen LogP contribution in [0.15, 0.2) is 119 Å². The van der Waals surface area contributed by atoms with Crippen LogP contribution in [-0.2, 0) is 57.7 Å². The molecule has 10 rings (SSSR count). The van der Waals surface area contributed by atoms with Gasteiger partial charge in [-0.15, -0.1) is 23.2 Å². The number of nitrogens with one attached hydrogen (secondary N) is 2. The van der Waals surface area contributed by atoms with Gasteiger partial charge in [-0.05, 0) is 202 Å². The predicted octanol–water partition coefficient (Wildman–Crippen LogP) is 10.1. The molecule has 2 N–H and O–H groups in total. The Bertz CT molecular complexity index is 3630.